The molecule has 2 heterocycles. The Kier molecular flexibility index (Phi) is 8.21. The smallest absolute Gasteiger partial charge is 0.192 e. The van der Waals surface area contributed by atoms with Gasteiger partial charge in [-0.25, -0.2) is 4.99 Å². The fourth-order valence-electron chi connectivity index (χ4n) is 3.73. The van der Waals surface area contributed by atoms with Gasteiger partial charge in [0.2, 0.25) is 0 Å². The molecule has 1 aliphatic heterocycles. The predicted molar refractivity (Wildman–Crippen MR) is 119 cm³/mol. The minimum absolute atomic E-state index is 0.402. The Balaban J connectivity index is 1.55. The SMILES string of the molecule is COCCNC(=NCc1nnc(C)n1C)NC1CCN(C(C)c2ccccc2)CC1. The van der Waals surface area contributed by atoms with Gasteiger partial charge in [-0.1, -0.05) is 30.3 Å². The Hall–Kier alpha value is -2.45. The van der Waals surface area contributed by atoms with Crippen molar-refractivity contribution in [3.8, 4) is 0 Å². The van der Waals surface area contributed by atoms with Crippen molar-refractivity contribution in [1.29, 1.82) is 0 Å². The first-order chi connectivity index (χ1) is 14.6. The Labute approximate surface area is 179 Å². The largest absolute Gasteiger partial charge is 0.383 e. The van der Waals surface area contributed by atoms with Crippen molar-refractivity contribution >= 4 is 5.96 Å². The Morgan fingerprint density at radius 1 is 1.23 bits per heavy atom. The van der Waals surface area contributed by atoms with Crippen LogP contribution < -0.4 is 10.6 Å². The van der Waals surface area contributed by atoms with E-state index in [-0.39, 0.29) is 0 Å². The maximum absolute atomic E-state index is 5.17. The number of benzene rings is 1. The summed E-state index contributed by atoms with van der Waals surface area (Å²) in [6.07, 6.45) is 2.18. The van der Waals surface area contributed by atoms with E-state index in [0.717, 1.165) is 43.5 Å². The van der Waals surface area contributed by atoms with Gasteiger partial charge >= 0.3 is 0 Å². The van der Waals surface area contributed by atoms with Gasteiger partial charge in [0.15, 0.2) is 11.8 Å². The molecule has 0 radical (unpaired) electrons. The number of rotatable bonds is 8. The van der Waals surface area contributed by atoms with Crippen LogP contribution in [0.2, 0.25) is 0 Å². The summed E-state index contributed by atoms with van der Waals surface area (Å²) in [6.45, 7) is 8.22. The molecule has 0 amide bonds. The average Bonchev–Trinajstić information content (AvgIpc) is 3.10. The van der Waals surface area contributed by atoms with Gasteiger partial charge in [-0.2, -0.15) is 0 Å². The molecule has 1 unspecified atom stereocenters. The first-order valence-electron chi connectivity index (χ1n) is 10.8. The zero-order chi connectivity index (χ0) is 21.3. The van der Waals surface area contributed by atoms with E-state index in [0.29, 0.717) is 31.8 Å². The van der Waals surface area contributed by atoms with E-state index >= 15 is 0 Å². The van der Waals surface area contributed by atoms with E-state index < -0.39 is 0 Å². The minimum atomic E-state index is 0.402. The molecule has 0 saturated carbocycles. The molecule has 1 saturated heterocycles. The third-order valence-corrected chi connectivity index (χ3v) is 5.86. The first kappa shape index (κ1) is 22.2. The van der Waals surface area contributed by atoms with Crippen LogP contribution in [0, 0.1) is 6.92 Å². The van der Waals surface area contributed by atoms with Crippen molar-refractivity contribution in [3.05, 3.63) is 47.5 Å². The van der Waals surface area contributed by atoms with Crippen molar-refractivity contribution in [3.63, 3.8) is 0 Å². The summed E-state index contributed by atoms with van der Waals surface area (Å²) < 4.78 is 7.14. The third-order valence-electron chi connectivity index (χ3n) is 5.86. The molecule has 30 heavy (non-hydrogen) atoms. The number of ether oxygens (including phenoxy) is 1. The highest BCUT2D eigenvalue weighted by Gasteiger charge is 2.24. The van der Waals surface area contributed by atoms with E-state index in [4.69, 9.17) is 9.73 Å². The third kappa shape index (κ3) is 6.03. The molecule has 0 bridgehead atoms. The molecular formula is C22H35N7O. The second kappa shape index (κ2) is 11.1. The molecular weight excluding hydrogens is 378 g/mol. The van der Waals surface area contributed by atoms with Crippen LogP contribution in [0.4, 0.5) is 0 Å². The molecule has 1 aliphatic rings. The van der Waals surface area contributed by atoms with E-state index in [9.17, 15) is 0 Å². The van der Waals surface area contributed by atoms with Crippen molar-refractivity contribution in [2.75, 3.05) is 33.4 Å². The number of piperidine rings is 1. The first-order valence-corrected chi connectivity index (χ1v) is 10.8. The number of guanidine groups is 1. The van der Waals surface area contributed by atoms with Crippen molar-refractivity contribution in [1.82, 2.24) is 30.3 Å². The number of hydrogen-bond donors (Lipinski definition) is 2. The summed E-state index contributed by atoms with van der Waals surface area (Å²) in [4.78, 5) is 7.30. The standard InChI is InChI=1S/C22H35N7O/c1-17(19-8-6-5-7-9-19)29-13-10-20(11-14-29)25-22(23-12-15-30-4)24-16-21-27-26-18(2)28(21)3/h5-9,17,20H,10-16H2,1-4H3,(H2,23,24,25). The lowest BCUT2D eigenvalue weighted by atomic mass is 10.0. The predicted octanol–water partition coefficient (Wildman–Crippen LogP) is 2.03. The van der Waals surface area contributed by atoms with Crippen LogP contribution in [0.15, 0.2) is 35.3 Å². The van der Waals surface area contributed by atoms with Gasteiger partial charge in [0.25, 0.3) is 0 Å². The molecule has 8 heteroatoms. The molecule has 1 aromatic carbocycles. The quantitative estimate of drug-likeness (QED) is 0.392. The van der Waals surface area contributed by atoms with Crippen molar-refractivity contribution < 1.29 is 4.74 Å². The van der Waals surface area contributed by atoms with Gasteiger partial charge in [-0.15, -0.1) is 10.2 Å². The molecule has 0 spiro atoms. The minimum Gasteiger partial charge on any atom is -0.383 e. The highest BCUT2D eigenvalue weighted by atomic mass is 16.5. The van der Waals surface area contributed by atoms with Crippen LogP contribution in [-0.4, -0.2) is 65.0 Å². The maximum Gasteiger partial charge on any atom is 0.192 e. The zero-order valence-electron chi connectivity index (χ0n) is 18.6. The topological polar surface area (TPSA) is 79.6 Å². The average molecular weight is 414 g/mol. The molecule has 1 fully saturated rings. The highest BCUT2D eigenvalue weighted by Crippen LogP contribution is 2.23. The molecule has 164 valence electrons. The van der Waals surface area contributed by atoms with Crippen LogP contribution >= 0.6 is 0 Å². The Morgan fingerprint density at radius 3 is 2.60 bits per heavy atom. The zero-order valence-corrected chi connectivity index (χ0v) is 18.6. The molecule has 2 aromatic rings. The summed E-state index contributed by atoms with van der Waals surface area (Å²) in [7, 11) is 3.67. The summed E-state index contributed by atoms with van der Waals surface area (Å²) in [5.41, 5.74) is 1.38. The van der Waals surface area contributed by atoms with Crippen LogP contribution in [0.3, 0.4) is 0 Å². The number of aliphatic imine (C=N–C) groups is 1. The number of aryl methyl sites for hydroxylation is 1. The monoisotopic (exact) mass is 413 g/mol. The van der Waals surface area contributed by atoms with Crippen LogP contribution in [0.25, 0.3) is 0 Å². The van der Waals surface area contributed by atoms with Gasteiger partial charge in [-0.3, -0.25) is 4.90 Å². The molecule has 3 rings (SSSR count). The molecule has 1 atom stereocenters. The lowest BCUT2D eigenvalue weighted by Crippen LogP contribution is -2.49. The molecule has 1 aromatic heterocycles. The van der Waals surface area contributed by atoms with E-state index in [1.165, 1.54) is 5.56 Å². The van der Waals surface area contributed by atoms with Gasteiger partial charge in [0, 0.05) is 45.9 Å². The van der Waals surface area contributed by atoms with E-state index in [1.54, 1.807) is 7.11 Å². The second-order valence-electron chi connectivity index (χ2n) is 7.85. The van der Waals surface area contributed by atoms with Crippen molar-refractivity contribution in [2.45, 2.75) is 45.3 Å². The number of likely N-dealkylation sites (tertiary alicyclic amines) is 1. The number of aromatic nitrogens is 3. The lowest BCUT2D eigenvalue weighted by molar-refractivity contribution is 0.158. The summed E-state index contributed by atoms with van der Waals surface area (Å²) in [6, 6.07) is 11.6. The maximum atomic E-state index is 5.17. The number of hydrogen-bond acceptors (Lipinski definition) is 5. The van der Waals surface area contributed by atoms with Crippen LogP contribution in [-0.2, 0) is 18.3 Å². The van der Waals surface area contributed by atoms with Crippen LogP contribution in [0.5, 0.6) is 0 Å². The van der Waals surface area contributed by atoms with Crippen LogP contribution in [0.1, 0.15) is 43.0 Å². The molecule has 2 N–H and O–H groups in total. The van der Waals surface area contributed by atoms with E-state index in [2.05, 4.69) is 63.0 Å². The fourth-order valence-corrected chi connectivity index (χ4v) is 3.73. The Morgan fingerprint density at radius 2 is 1.97 bits per heavy atom. The normalized spacial score (nSPS) is 17.1. The summed E-state index contributed by atoms with van der Waals surface area (Å²) >= 11 is 0. The number of nitrogens with zero attached hydrogens (tertiary/aromatic N) is 5. The lowest BCUT2D eigenvalue weighted by Gasteiger charge is -2.37. The molecule has 0 aliphatic carbocycles. The van der Waals surface area contributed by atoms with Crippen molar-refractivity contribution in [2.24, 2.45) is 12.0 Å². The number of nitrogens with one attached hydrogen (secondary N) is 2. The van der Waals surface area contributed by atoms with Gasteiger partial charge < -0.3 is 19.9 Å². The second-order valence-corrected chi connectivity index (χ2v) is 7.85. The summed E-state index contributed by atoms with van der Waals surface area (Å²) in [5, 5.41) is 15.3. The Bertz CT molecular complexity index is 797. The van der Waals surface area contributed by atoms with E-state index in [1.807, 2.05) is 18.5 Å². The molecule has 8 nitrogen and oxygen atoms in total. The summed E-state index contributed by atoms with van der Waals surface area (Å²) in [5.74, 6) is 2.55. The van der Waals surface area contributed by atoms with Gasteiger partial charge in [0.05, 0.1) is 6.61 Å². The highest BCUT2D eigenvalue weighted by molar-refractivity contribution is 5.80. The van der Waals surface area contributed by atoms with Gasteiger partial charge in [0.1, 0.15) is 12.4 Å². The number of methoxy groups -OCH3 is 1. The van der Waals surface area contributed by atoms with Gasteiger partial charge in [-0.05, 0) is 32.3 Å². The fraction of sp³-hybridized carbons (Fsp3) is 0.591.